The molecule has 1 amide bonds. The second-order valence-electron chi connectivity index (χ2n) is 3.73. The molecule has 0 saturated heterocycles. The van der Waals surface area contributed by atoms with Gasteiger partial charge in [-0.2, -0.15) is 0 Å². The quantitative estimate of drug-likeness (QED) is 0.782. The molecule has 0 fully saturated rings. The van der Waals surface area contributed by atoms with Gasteiger partial charge in [-0.15, -0.1) is 0 Å². The van der Waals surface area contributed by atoms with Crippen LogP contribution >= 0.6 is 0 Å². The molecule has 1 aromatic rings. The van der Waals surface area contributed by atoms with E-state index in [1.54, 1.807) is 0 Å². The fourth-order valence-electron chi connectivity index (χ4n) is 1.24. The molecule has 0 spiro atoms. The van der Waals surface area contributed by atoms with Gasteiger partial charge in [0.2, 0.25) is 0 Å². The molecule has 0 aliphatic carbocycles. The molecule has 0 aliphatic rings. The summed E-state index contributed by atoms with van der Waals surface area (Å²) in [7, 11) is 1.29. The monoisotopic (exact) mass is 225 g/mol. The molecular formula is C11H15NO4. The van der Waals surface area contributed by atoms with Crippen molar-refractivity contribution in [2.45, 2.75) is 19.9 Å². The molecule has 1 N–H and O–H groups in total. The van der Waals surface area contributed by atoms with Gasteiger partial charge in [-0.3, -0.25) is 4.79 Å². The molecule has 1 heterocycles. The lowest BCUT2D eigenvalue weighted by Gasteiger charge is -2.19. The molecule has 0 saturated carbocycles. The molecule has 0 aromatic carbocycles. The Morgan fingerprint density at radius 1 is 1.44 bits per heavy atom. The van der Waals surface area contributed by atoms with Crippen LogP contribution in [0.25, 0.3) is 0 Å². The average Bonchev–Trinajstić information content (AvgIpc) is 2.77. The Labute approximate surface area is 93.8 Å². The highest BCUT2D eigenvalue weighted by Gasteiger charge is 2.25. The van der Waals surface area contributed by atoms with E-state index in [-0.39, 0.29) is 11.8 Å². The Hall–Kier alpha value is -1.78. The Morgan fingerprint density at radius 3 is 2.56 bits per heavy atom. The molecule has 16 heavy (non-hydrogen) atoms. The van der Waals surface area contributed by atoms with Crippen molar-refractivity contribution in [3.63, 3.8) is 0 Å². The maximum atomic E-state index is 11.7. The summed E-state index contributed by atoms with van der Waals surface area (Å²) in [5.74, 6) is -0.840. The second-order valence-corrected chi connectivity index (χ2v) is 3.73. The first-order valence-corrected chi connectivity index (χ1v) is 4.97. The van der Waals surface area contributed by atoms with Crippen molar-refractivity contribution in [2.24, 2.45) is 5.92 Å². The summed E-state index contributed by atoms with van der Waals surface area (Å²) in [6.45, 7) is 3.66. The van der Waals surface area contributed by atoms with E-state index < -0.39 is 12.0 Å². The molecule has 0 aliphatic heterocycles. The lowest BCUT2D eigenvalue weighted by atomic mass is 10.0. The first-order valence-electron chi connectivity index (χ1n) is 4.97. The number of amides is 1. The van der Waals surface area contributed by atoms with E-state index in [0.717, 1.165) is 0 Å². The van der Waals surface area contributed by atoms with Gasteiger partial charge in [-0.25, -0.2) is 4.79 Å². The van der Waals surface area contributed by atoms with Crippen LogP contribution in [0.5, 0.6) is 0 Å². The lowest BCUT2D eigenvalue weighted by Crippen LogP contribution is -2.44. The van der Waals surface area contributed by atoms with Gasteiger partial charge in [-0.1, -0.05) is 13.8 Å². The number of nitrogens with one attached hydrogen (secondary N) is 1. The van der Waals surface area contributed by atoms with Crippen LogP contribution in [0.2, 0.25) is 0 Å². The van der Waals surface area contributed by atoms with Crippen LogP contribution in [0, 0.1) is 5.92 Å². The van der Waals surface area contributed by atoms with E-state index in [9.17, 15) is 9.59 Å². The largest absolute Gasteiger partial charge is 0.472 e. The number of carbonyl (C=O) groups excluding carboxylic acids is 2. The predicted octanol–water partition coefficient (Wildman–Crippen LogP) is 1.21. The third-order valence-electron chi connectivity index (χ3n) is 2.19. The molecule has 5 nitrogen and oxygen atoms in total. The number of rotatable bonds is 4. The van der Waals surface area contributed by atoms with Crippen LogP contribution in [0.4, 0.5) is 0 Å². The first-order chi connectivity index (χ1) is 7.56. The van der Waals surface area contributed by atoms with Gasteiger partial charge in [0.1, 0.15) is 12.3 Å². The van der Waals surface area contributed by atoms with Gasteiger partial charge in [0, 0.05) is 0 Å². The summed E-state index contributed by atoms with van der Waals surface area (Å²) in [4.78, 5) is 23.1. The molecule has 1 rings (SSSR count). The smallest absolute Gasteiger partial charge is 0.328 e. The minimum Gasteiger partial charge on any atom is -0.472 e. The van der Waals surface area contributed by atoms with Crippen LogP contribution in [0.15, 0.2) is 23.0 Å². The number of hydrogen-bond donors (Lipinski definition) is 1. The van der Waals surface area contributed by atoms with Gasteiger partial charge >= 0.3 is 5.97 Å². The molecule has 88 valence electrons. The zero-order valence-corrected chi connectivity index (χ0v) is 9.52. The zero-order valence-electron chi connectivity index (χ0n) is 9.52. The summed E-state index contributed by atoms with van der Waals surface area (Å²) in [6, 6.07) is 0.886. The maximum absolute atomic E-state index is 11.7. The second kappa shape index (κ2) is 5.34. The maximum Gasteiger partial charge on any atom is 0.328 e. The highest BCUT2D eigenvalue weighted by atomic mass is 16.5. The van der Waals surface area contributed by atoms with E-state index in [1.807, 2.05) is 13.8 Å². The third-order valence-corrected chi connectivity index (χ3v) is 2.19. The summed E-state index contributed by atoms with van der Waals surface area (Å²) in [5.41, 5.74) is 0.384. The van der Waals surface area contributed by atoms with E-state index in [0.29, 0.717) is 5.56 Å². The van der Waals surface area contributed by atoms with Gasteiger partial charge in [0.05, 0.1) is 18.9 Å². The number of ether oxygens (including phenoxy) is 1. The summed E-state index contributed by atoms with van der Waals surface area (Å²) >= 11 is 0. The summed E-state index contributed by atoms with van der Waals surface area (Å²) in [6.07, 6.45) is 2.72. The summed E-state index contributed by atoms with van der Waals surface area (Å²) in [5, 5.41) is 2.60. The van der Waals surface area contributed by atoms with Gasteiger partial charge in [0.15, 0.2) is 0 Å². The molecule has 1 aromatic heterocycles. The Balaban J connectivity index is 2.69. The number of furan rings is 1. The average molecular weight is 225 g/mol. The van der Waals surface area contributed by atoms with Crippen molar-refractivity contribution in [3.05, 3.63) is 24.2 Å². The van der Waals surface area contributed by atoms with Crippen LogP contribution in [0.3, 0.4) is 0 Å². The van der Waals surface area contributed by atoms with Gasteiger partial charge in [0.25, 0.3) is 5.91 Å². The highest BCUT2D eigenvalue weighted by molar-refractivity contribution is 5.96. The standard InChI is InChI=1S/C11H15NO4/c1-7(2)9(11(14)15-3)12-10(13)8-4-5-16-6-8/h4-7,9H,1-3H3,(H,12,13)/t9-/m0/s1. The Morgan fingerprint density at radius 2 is 2.12 bits per heavy atom. The fourth-order valence-corrected chi connectivity index (χ4v) is 1.24. The van der Waals surface area contributed by atoms with Crippen molar-refractivity contribution in [3.8, 4) is 0 Å². The van der Waals surface area contributed by atoms with Crippen LogP contribution in [-0.2, 0) is 9.53 Å². The summed E-state index contributed by atoms with van der Waals surface area (Å²) < 4.78 is 9.40. The molecule has 5 heteroatoms. The zero-order chi connectivity index (χ0) is 12.1. The third kappa shape index (κ3) is 2.85. The molecule has 0 bridgehead atoms. The predicted molar refractivity (Wildman–Crippen MR) is 56.8 cm³/mol. The molecular weight excluding hydrogens is 210 g/mol. The van der Waals surface area contributed by atoms with E-state index >= 15 is 0 Å². The SMILES string of the molecule is COC(=O)[C@@H](NC(=O)c1ccoc1)C(C)C. The van der Waals surface area contributed by atoms with Crippen LogP contribution in [0.1, 0.15) is 24.2 Å². The Bertz CT molecular complexity index is 356. The fraction of sp³-hybridized carbons (Fsp3) is 0.455. The minimum absolute atomic E-state index is 0.0386. The van der Waals surface area contributed by atoms with Crippen LogP contribution in [-0.4, -0.2) is 25.0 Å². The molecule has 0 radical (unpaired) electrons. The first kappa shape index (κ1) is 12.3. The minimum atomic E-state index is -0.646. The number of carbonyl (C=O) groups is 2. The lowest BCUT2D eigenvalue weighted by molar-refractivity contribution is -0.144. The molecule has 0 unspecified atom stereocenters. The van der Waals surface area contributed by atoms with Crippen molar-refractivity contribution in [1.82, 2.24) is 5.32 Å². The molecule has 1 atom stereocenters. The van der Waals surface area contributed by atoms with Crippen molar-refractivity contribution in [1.29, 1.82) is 0 Å². The van der Waals surface area contributed by atoms with Gasteiger partial charge < -0.3 is 14.5 Å². The highest BCUT2D eigenvalue weighted by Crippen LogP contribution is 2.06. The Kier molecular flexibility index (Phi) is 4.10. The number of methoxy groups -OCH3 is 1. The van der Waals surface area contributed by atoms with E-state index in [1.165, 1.54) is 25.7 Å². The van der Waals surface area contributed by atoms with E-state index in [4.69, 9.17) is 4.42 Å². The van der Waals surface area contributed by atoms with Crippen molar-refractivity contribution < 1.29 is 18.7 Å². The van der Waals surface area contributed by atoms with Crippen molar-refractivity contribution in [2.75, 3.05) is 7.11 Å². The normalized spacial score (nSPS) is 12.2. The topological polar surface area (TPSA) is 68.5 Å². The van der Waals surface area contributed by atoms with E-state index in [2.05, 4.69) is 10.1 Å². The number of hydrogen-bond acceptors (Lipinski definition) is 4. The van der Waals surface area contributed by atoms with Gasteiger partial charge in [-0.05, 0) is 12.0 Å². The number of esters is 1. The van der Waals surface area contributed by atoms with Crippen LogP contribution < -0.4 is 5.32 Å². The van der Waals surface area contributed by atoms with Crippen molar-refractivity contribution >= 4 is 11.9 Å².